The van der Waals surface area contributed by atoms with Crippen molar-refractivity contribution in [3.63, 3.8) is 0 Å². The molecule has 1 heterocycles. The third kappa shape index (κ3) is 1.71. The van der Waals surface area contributed by atoms with Crippen LogP contribution >= 0.6 is 0 Å². The van der Waals surface area contributed by atoms with Gasteiger partial charge in [-0.05, 0) is 56.9 Å². The zero-order chi connectivity index (χ0) is 12.8. The van der Waals surface area contributed by atoms with Crippen molar-refractivity contribution < 1.29 is 9.84 Å². The third-order valence-electron chi connectivity index (χ3n) is 4.44. The van der Waals surface area contributed by atoms with E-state index in [1.807, 2.05) is 13.8 Å². The van der Waals surface area contributed by atoms with Gasteiger partial charge in [-0.3, -0.25) is 0 Å². The molecule has 1 aliphatic heterocycles. The van der Waals surface area contributed by atoms with Gasteiger partial charge in [0.15, 0.2) is 0 Å². The second kappa shape index (κ2) is 3.82. The van der Waals surface area contributed by atoms with Crippen LogP contribution in [0.2, 0.25) is 0 Å². The van der Waals surface area contributed by atoms with E-state index in [0.717, 1.165) is 0 Å². The molecule has 1 aromatic rings. The van der Waals surface area contributed by atoms with Crippen molar-refractivity contribution in [3.05, 3.63) is 34.4 Å². The van der Waals surface area contributed by atoms with E-state index in [9.17, 15) is 5.11 Å². The zero-order valence-electron chi connectivity index (χ0n) is 11.4. The molecular formula is C15H22O2. The SMILES string of the molecule is Cc1ccc(C2(C(C)(C)O)COC2)c(C)c1C. The van der Waals surface area contributed by atoms with Gasteiger partial charge < -0.3 is 9.84 Å². The smallest absolute Gasteiger partial charge is 0.0732 e. The molecule has 1 N–H and O–H groups in total. The van der Waals surface area contributed by atoms with Crippen molar-refractivity contribution in [1.82, 2.24) is 0 Å². The average molecular weight is 234 g/mol. The summed E-state index contributed by atoms with van der Waals surface area (Å²) in [6.45, 7) is 11.4. The second-order valence-electron chi connectivity index (χ2n) is 5.81. The maximum absolute atomic E-state index is 10.4. The summed E-state index contributed by atoms with van der Waals surface area (Å²) in [5.41, 5.74) is 4.15. The molecular weight excluding hydrogens is 212 g/mol. The minimum atomic E-state index is -0.752. The summed E-state index contributed by atoms with van der Waals surface area (Å²) >= 11 is 0. The quantitative estimate of drug-likeness (QED) is 0.852. The fourth-order valence-corrected chi connectivity index (χ4v) is 2.62. The molecule has 0 aliphatic carbocycles. The molecule has 1 saturated heterocycles. The largest absolute Gasteiger partial charge is 0.389 e. The molecule has 0 bridgehead atoms. The molecule has 94 valence electrons. The van der Waals surface area contributed by atoms with Crippen LogP contribution in [-0.4, -0.2) is 23.9 Å². The number of rotatable bonds is 2. The molecule has 1 aromatic carbocycles. The van der Waals surface area contributed by atoms with Crippen LogP contribution < -0.4 is 0 Å². The first kappa shape index (κ1) is 12.6. The van der Waals surface area contributed by atoms with Crippen LogP contribution in [0.25, 0.3) is 0 Å². The van der Waals surface area contributed by atoms with Crippen molar-refractivity contribution in [2.75, 3.05) is 13.2 Å². The number of ether oxygens (including phenoxy) is 1. The highest BCUT2D eigenvalue weighted by molar-refractivity contribution is 5.45. The summed E-state index contributed by atoms with van der Waals surface area (Å²) in [4.78, 5) is 0. The Labute approximate surface area is 104 Å². The zero-order valence-corrected chi connectivity index (χ0v) is 11.4. The molecule has 2 heteroatoms. The lowest BCUT2D eigenvalue weighted by Gasteiger charge is -2.50. The maximum atomic E-state index is 10.4. The fourth-order valence-electron chi connectivity index (χ4n) is 2.62. The van der Waals surface area contributed by atoms with E-state index >= 15 is 0 Å². The second-order valence-corrected chi connectivity index (χ2v) is 5.81. The number of aryl methyl sites for hydroxylation is 1. The monoisotopic (exact) mass is 234 g/mol. The van der Waals surface area contributed by atoms with E-state index in [0.29, 0.717) is 13.2 Å². The minimum Gasteiger partial charge on any atom is -0.389 e. The Morgan fingerprint density at radius 3 is 2.12 bits per heavy atom. The van der Waals surface area contributed by atoms with Crippen LogP contribution in [0.1, 0.15) is 36.1 Å². The van der Waals surface area contributed by atoms with Crippen LogP contribution in [0.4, 0.5) is 0 Å². The molecule has 2 nitrogen and oxygen atoms in total. The highest BCUT2D eigenvalue weighted by atomic mass is 16.5. The predicted octanol–water partition coefficient (Wildman–Crippen LogP) is 2.65. The molecule has 0 amide bonds. The van der Waals surface area contributed by atoms with Crippen molar-refractivity contribution >= 4 is 0 Å². The van der Waals surface area contributed by atoms with Gasteiger partial charge >= 0.3 is 0 Å². The van der Waals surface area contributed by atoms with Gasteiger partial charge in [0, 0.05) is 0 Å². The van der Waals surface area contributed by atoms with Crippen LogP contribution in [0.15, 0.2) is 12.1 Å². The molecule has 1 fully saturated rings. The Morgan fingerprint density at radius 2 is 1.71 bits per heavy atom. The number of aliphatic hydroxyl groups is 1. The molecule has 0 radical (unpaired) electrons. The van der Waals surface area contributed by atoms with Crippen LogP contribution in [0.3, 0.4) is 0 Å². The first-order chi connectivity index (χ1) is 7.79. The molecule has 0 saturated carbocycles. The van der Waals surface area contributed by atoms with E-state index in [-0.39, 0.29) is 5.41 Å². The van der Waals surface area contributed by atoms with Gasteiger partial charge in [-0.25, -0.2) is 0 Å². The molecule has 0 unspecified atom stereocenters. The van der Waals surface area contributed by atoms with Crippen LogP contribution in [0, 0.1) is 20.8 Å². The standard InChI is InChI=1S/C15H22O2/c1-10-6-7-13(12(3)11(10)2)15(8-17-9-15)14(4,5)16/h6-7,16H,8-9H2,1-5H3. The Bertz CT molecular complexity index is 437. The maximum Gasteiger partial charge on any atom is 0.0732 e. The Kier molecular flexibility index (Phi) is 2.83. The number of hydrogen-bond donors (Lipinski definition) is 1. The van der Waals surface area contributed by atoms with Crippen molar-refractivity contribution in [2.24, 2.45) is 0 Å². The lowest BCUT2D eigenvalue weighted by atomic mass is 9.65. The van der Waals surface area contributed by atoms with E-state index in [1.54, 1.807) is 0 Å². The highest BCUT2D eigenvalue weighted by Gasteiger charge is 2.52. The van der Waals surface area contributed by atoms with Gasteiger partial charge in [0.1, 0.15) is 0 Å². The summed E-state index contributed by atoms with van der Waals surface area (Å²) in [7, 11) is 0. The van der Waals surface area contributed by atoms with E-state index in [2.05, 4.69) is 32.9 Å². The Hall–Kier alpha value is -0.860. The first-order valence-electron chi connectivity index (χ1n) is 6.17. The molecule has 17 heavy (non-hydrogen) atoms. The summed E-state index contributed by atoms with van der Waals surface area (Å²) in [5, 5.41) is 10.4. The van der Waals surface area contributed by atoms with Gasteiger partial charge in [0.25, 0.3) is 0 Å². The average Bonchev–Trinajstić information content (AvgIpc) is 2.14. The first-order valence-corrected chi connectivity index (χ1v) is 6.17. The van der Waals surface area contributed by atoms with Gasteiger partial charge in [-0.1, -0.05) is 12.1 Å². The Morgan fingerprint density at radius 1 is 1.12 bits per heavy atom. The molecule has 0 aromatic heterocycles. The van der Waals surface area contributed by atoms with Crippen LogP contribution in [-0.2, 0) is 10.2 Å². The van der Waals surface area contributed by atoms with Crippen molar-refractivity contribution in [2.45, 2.75) is 45.6 Å². The third-order valence-corrected chi connectivity index (χ3v) is 4.44. The number of benzene rings is 1. The summed E-state index contributed by atoms with van der Waals surface area (Å²) in [6.07, 6.45) is 0. The lowest BCUT2D eigenvalue weighted by molar-refractivity contribution is -0.157. The van der Waals surface area contributed by atoms with Gasteiger partial charge in [-0.2, -0.15) is 0 Å². The van der Waals surface area contributed by atoms with Crippen molar-refractivity contribution in [3.8, 4) is 0 Å². The normalized spacial score (nSPS) is 18.9. The summed E-state index contributed by atoms with van der Waals surface area (Å²) < 4.78 is 5.38. The molecule has 2 rings (SSSR count). The van der Waals surface area contributed by atoms with Gasteiger partial charge in [0.05, 0.1) is 24.2 Å². The van der Waals surface area contributed by atoms with Gasteiger partial charge in [-0.15, -0.1) is 0 Å². The Balaban J connectivity index is 2.57. The molecule has 0 spiro atoms. The fraction of sp³-hybridized carbons (Fsp3) is 0.600. The van der Waals surface area contributed by atoms with Crippen molar-refractivity contribution in [1.29, 1.82) is 0 Å². The van der Waals surface area contributed by atoms with Gasteiger partial charge in [0.2, 0.25) is 0 Å². The lowest BCUT2D eigenvalue weighted by Crippen LogP contribution is -2.61. The van der Waals surface area contributed by atoms with Crippen LogP contribution in [0.5, 0.6) is 0 Å². The summed E-state index contributed by atoms with van der Waals surface area (Å²) in [6, 6.07) is 4.29. The van der Waals surface area contributed by atoms with E-state index in [1.165, 1.54) is 22.3 Å². The summed E-state index contributed by atoms with van der Waals surface area (Å²) in [5.74, 6) is 0. The highest BCUT2D eigenvalue weighted by Crippen LogP contribution is 2.43. The topological polar surface area (TPSA) is 29.5 Å². The van der Waals surface area contributed by atoms with E-state index in [4.69, 9.17) is 4.74 Å². The molecule has 0 atom stereocenters. The number of hydrogen-bond acceptors (Lipinski definition) is 2. The molecule has 1 aliphatic rings. The minimum absolute atomic E-state index is 0.241. The van der Waals surface area contributed by atoms with E-state index < -0.39 is 5.60 Å². The predicted molar refractivity (Wildman–Crippen MR) is 69.4 cm³/mol.